The number of fused-ring (bicyclic) bond motifs is 1. The summed E-state index contributed by atoms with van der Waals surface area (Å²) in [4.78, 5) is 4.69. The zero-order valence-electron chi connectivity index (χ0n) is 12.4. The smallest absolute Gasteiger partial charge is 0.123 e. The van der Waals surface area contributed by atoms with Crippen LogP contribution in [-0.2, 0) is 0 Å². The van der Waals surface area contributed by atoms with E-state index in [0.717, 1.165) is 27.7 Å². The van der Waals surface area contributed by atoms with Crippen LogP contribution in [0.3, 0.4) is 0 Å². The molecule has 0 saturated carbocycles. The fourth-order valence-corrected chi connectivity index (χ4v) is 2.42. The normalized spacial score (nSPS) is 11.3. The predicted octanol–water partition coefficient (Wildman–Crippen LogP) is 5.27. The molecule has 2 aromatic carbocycles. The van der Waals surface area contributed by atoms with Crippen LogP contribution in [0.25, 0.3) is 22.0 Å². The largest absolute Gasteiger partial charge is 0.252 e. The molecule has 0 aliphatic heterocycles. The van der Waals surface area contributed by atoms with Gasteiger partial charge in [-0.25, -0.2) is 4.39 Å². The van der Waals surface area contributed by atoms with E-state index in [0.29, 0.717) is 5.92 Å². The number of nitrogens with zero attached hydrogens (tertiary/aromatic N) is 1. The van der Waals surface area contributed by atoms with Crippen molar-refractivity contribution in [2.45, 2.75) is 26.7 Å². The average molecular weight is 278 g/mol. The van der Waals surface area contributed by atoms with E-state index in [1.54, 1.807) is 12.1 Å². The molecule has 0 unspecified atom stereocenters. The maximum Gasteiger partial charge on any atom is 0.123 e. The highest BCUT2D eigenvalue weighted by molar-refractivity contribution is 5.94. The van der Waals surface area contributed by atoms with E-state index in [1.807, 2.05) is 6.07 Å². The van der Waals surface area contributed by atoms with Gasteiger partial charge in [0.2, 0.25) is 0 Å². The highest BCUT2D eigenvalue weighted by Crippen LogP contribution is 2.30. The molecule has 1 nitrogen and oxygen atoms in total. The Morgan fingerprint density at radius 1 is 1.05 bits per heavy atom. The summed E-state index contributed by atoms with van der Waals surface area (Å²) in [6.45, 7) is 6.27. The van der Waals surface area contributed by atoms with Crippen molar-refractivity contribution in [3.05, 3.63) is 65.6 Å². The van der Waals surface area contributed by atoms with Crippen molar-refractivity contribution in [1.29, 1.82) is 0 Å². The average Bonchev–Trinajstić information content (AvgIpc) is 2.47. The second kappa shape index (κ2) is 5.28. The van der Waals surface area contributed by atoms with Crippen molar-refractivity contribution < 1.29 is 4.39 Å². The van der Waals surface area contributed by atoms with Gasteiger partial charge in [-0.05, 0) is 42.7 Å². The molecule has 0 aliphatic carbocycles. The van der Waals surface area contributed by atoms with E-state index in [4.69, 9.17) is 0 Å². The SMILES string of the molecule is Cc1ccc2nc(C(C)C)[c]c(-c3ccc(F)cc3)c2c1. The lowest BCUT2D eigenvalue weighted by atomic mass is 9.96. The first-order chi connectivity index (χ1) is 10.0. The summed E-state index contributed by atoms with van der Waals surface area (Å²) in [6, 6.07) is 16.2. The molecule has 0 N–H and O–H groups in total. The van der Waals surface area contributed by atoms with E-state index in [1.165, 1.54) is 17.7 Å². The topological polar surface area (TPSA) is 12.9 Å². The lowest BCUT2D eigenvalue weighted by molar-refractivity contribution is 0.628. The van der Waals surface area contributed by atoms with Gasteiger partial charge in [-0.2, -0.15) is 0 Å². The number of benzene rings is 2. The van der Waals surface area contributed by atoms with Gasteiger partial charge in [-0.3, -0.25) is 4.98 Å². The molecular formula is C19H17FN. The molecule has 0 amide bonds. The van der Waals surface area contributed by atoms with E-state index in [2.05, 4.69) is 44.0 Å². The minimum Gasteiger partial charge on any atom is -0.252 e. The van der Waals surface area contributed by atoms with Crippen LogP contribution < -0.4 is 0 Å². The van der Waals surface area contributed by atoms with Crippen LogP contribution in [0.1, 0.15) is 31.0 Å². The monoisotopic (exact) mass is 278 g/mol. The minimum atomic E-state index is -0.225. The third-order valence-corrected chi connectivity index (χ3v) is 3.60. The first-order valence-corrected chi connectivity index (χ1v) is 7.14. The van der Waals surface area contributed by atoms with Crippen LogP contribution in [0.5, 0.6) is 0 Å². The molecule has 1 aromatic heterocycles. The second-order valence-corrected chi connectivity index (χ2v) is 5.68. The first kappa shape index (κ1) is 13.7. The van der Waals surface area contributed by atoms with Crippen molar-refractivity contribution in [2.24, 2.45) is 0 Å². The number of hydrogen-bond acceptors (Lipinski definition) is 1. The van der Waals surface area contributed by atoms with Crippen molar-refractivity contribution in [3.63, 3.8) is 0 Å². The highest BCUT2D eigenvalue weighted by atomic mass is 19.1. The summed E-state index contributed by atoms with van der Waals surface area (Å²) >= 11 is 0. The Morgan fingerprint density at radius 2 is 1.76 bits per heavy atom. The standard InChI is InChI=1S/C19H17FN/c1-12(2)19-11-16(14-5-7-15(20)8-6-14)17-10-13(3)4-9-18(17)21-19/h4-10,12H,1-3H3. The van der Waals surface area contributed by atoms with Gasteiger partial charge < -0.3 is 0 Å². The van der Waals surface area contributed by atoms with Crippen molar-refractivity contribution in [3.8, 4) is 11.1 Å². The lowest BCUT2D eigenvalue weighted by Gasteiger charge is -2.12. The van der Waals surface area contributed by atoms with Crippen molar-refractivity contribution >= 4 is 10.9 Å². The van der Waals surface area contributed by atoms with Crippen LogP contribution in [0.15, 0.2) is 42.5 Å². The number of rotatable bonds is 2. The van der Waals surface area contributed by atoms with Gasteiger partial charge in [0.1, 0.15) is 5.82 Å². The van der Waals surface area contributed by atoms with Gasteiger partial charge >= 0.3 is 0 Å². The fraction of sp³-hybridized carbons (Fsp3) is 0.211. The van der Waals surface area contributed by atoms with Crippen LogP contribution in [0, 0.1) is 18.8 Å². The van der Waals surface area contributed by atoms with Gasteiger partial charge in [0, 0.05) is 17.0 Å². The molecule has 21 heavy (non-hydrogen) atoms. The number of halogens is 1. The molecule has 0 bridgehead atoms. The molecule has 0 fully saturated rings. The Balaban J connectivity index is 2.32. The molecule has 2 heteroatoms. The first-order valence-electron chi connectivity index (χ1n) is 7.14. The highest BCUT2D eigenvalue weighted by Gasteiger charge is 2.11. The maximum atomic E-state index is 13.2. The molecule has 3 aromatic rings. The third kappa shape index (κ3) is 2.66. The second-order valence-electron chi connectivity index (χ2n) is 5.68. The molecule has 0 spiro atoms. The summed E-state index contributed by atoms with van der Waals surface area (Å²) < 4.78 is 13.2. The van der Waals surface area contributed by atoms with Crippen LogP contribution in [0.2, 0.25) is 0 Å². The molecule has 3 rings (SSSR count). The Hall–Kier alpha value is -2.22. The Labute approximate surface area is 124 Å². The number of hydrogen-bond donors (Lipinski definition) is 0. The Morgan fingerprint density at radius 3 is 2.43 bits per heavy atom. The van der Waals surface area contributed by atoms with Gasteiger partial charge in [0.05, 0.1) is 11.2 Å². The van der Waals surface area contributed by atoms with E-state index < -0.39 is 0 Å². The van der Waals surface area contributed by atoms with Crippen LogP contribution in [-0.4, -0.2) is 4.98 Å². The van der Waals surface area contributed by atoms with Crippen LogP contribution >= 0.6 is 0 Å². The summed E-state index contributed by atoms with van der Waals surface area (Å²) in [5, 5.41) is 1.06. The van der Waals surface area contributed by atoms with E-state index in [9.17, 15) is 4.39 Å². The number of aromatic nitrogens is 1. The number of aryl methyl sites for hydroxylation is 1. The maximum absolute atomic E-state index is 13.2. The fourth-order valence-electron chi connectivity index (χ4n) is 2.42. The summed E-state index contributed by atoms with van der Waals surface area (Å²) in [5.41, 5.74) is 5.04. The summed E-state index contributed by atoms with van der Waals surface area (Å²) in [7, 11) is 0. The minimum absolute atomic E-state index is 0.225. The molecule has 105 valence electrons. The molecule has 1 heterocycles. The van der Waals surface area contributed by atoms with E-state index >= 15 is 0 Å². The number of pyridine rings is 1. The summed E-state index contributed by atoms with van der Waals surface area (Å²) in [6.07, 6.45) is 0. The summed E-state index contributed by atoms with van der Waals surface area (Å²) in [5.74, 6) is 0.0762. The molecule has 0 atom stereocenters. The van der Waals surface area contributed by atoms with Gasteiger partial charge in [-0.15, -0.1) is 0 Å². The van der Waals surface area contributed by atoms with Gasteiger partial charge in [-0.1, -0.05) is 37.6 Å². The van der Waals surface area contributed by atoms with Gasteiger partial charge in [0.15, 0.2) is 0 Å². The van der Waals surface area contributed by atoms with Crippen molar-refractivity contribution in [1.82, 2.24) is 4.98 Å². The van der Waals surface area contributed by atoms with E-state index in [-0.39, 0.29) is 5.82 Å². The van der Waals surface area contributed by atoms with Crippen molar-refractivity contribution in [2.75, 3.05) is 0 Å². The zero-order chi connectivity index (χ0) is 15.0. The molecular weight excluding hydrogens is 261 g/mol. The van der Waals surface area contributed by atoms with Crippen LogP contribution in [0.4, 0.5) is 4.39 Å². The zero-order valence-corrected chi connectivity index (χ0v) is 12.4. The predicted molar refractivity (Wildman–Crippen MR) is 84.8 cm³/mol. The quantitative estimate of drug-likeness (QED) is 0.622. The molecule has 1 radical (unpaired) electrons. The third-order valence-electron chi connectivity index (χ3n) is 3.60. The Kier molecular flexibility index (Phi) is 3.46. The lowest BCUT2D eigenvalue weighted by Crippen LogP contribution is -1.96. The molecule has 0 aliphatic rings. The molecule has 0 saturated heterocycles. The van der Waals surface area contributed by atoms with Gasteiger partial charge in [0.25, 0.3) is 0 Å². The Bertz CT molecular complexity index is 789.